The van der Waals surface area contributed by atoms with Crippen LogP contribution in [0, 0.1) is 17.3 Å². The van der Waals surface area contributed by atoms with E-state index in [-0.39, 0.29) is 35.1 Å². The van der Waals surface area contributed by atoms with Crippen molar-refractivity contribution in [3.05, 3.63) is 35.9 Å². The van der Waals surface area contributed by atoms with E-state index in [9.17, 15) is 9.59 Å². The Bertz CT molecular complexity index is 529. The molecule has 0 aromatic heterocycles. The summed E-state index contributed by atoms with van der Waals surface area (Å²) in [5, 5.41) is 0. The maximum Gasteiger partial charge on any atom is 0.233 e. The van der Waals surface area contributed by atoms with E-state index in [4.69, 9.17) is 5.73 Å². The van der Waals surface area contributed by atoms with Gasteiger partial charge in [0.15, 0.2) is 0 Å². The molecule has 0 radical (unpaired) electrons. The molecule has 106 valence electrons. The average molecular weight is 272 g/mol. The largest absolute Gasteiger partial charge is 0.328 e. The number of nitrogens with zero attached hydrogens (tertiary/aromatic N) is 1. The van der Waals surface area contributed by atoms with Gasteiger partial charge in [-0.1, -0.05) is 44.2 Å². The monoisotopic (exact) mass is 272 g/mol. The number of likely N-dealkylation sites (tertiary alicyclic amines) is 1. The molecule has 1 aromatic carbocycles. The van der Waals surface area contributed by atoms with Crippen LogP contribution < -0.4 is 5.73 Å². The summed E-state index contributed by atoms with van der Waals surface area (Å²) in [6, 6.07) is 9.64. The Morgan fingerprint density at radius 3 is 2.20 bits per heavy atom. The summed E-state index contributed by atoms with van der Waals surface area (Å²) in [6.45, 7) is 4.29. The van der Waals surface area contributed by atoms with Crippen molar-refractivity contribution in [3.8, 4) is 0 Å². The van der Waals surface area contributed by atoms with Gasteiger partial charge in [-0.25, -0.2) is 0 Å². The third kappa shape index (κ3) is 1.79. The molecule has 0 bridgehead atoms. The Balaban J connectivity index is 1.78. The third-order valence-electron chi connectivity index (χ3n) is 4.79. The molecule has 3 unspecified atom stereocenters. The standard InChI is InChI=1S/C16H20N2O2/c1-16(2)12-13(16)15(20)18(14(12)19)11(9-17)8-10-6-4-3-5-7-10/h3-7,11-13H,8-9,17H2,1-2H3. The highest BCUT2D eigenvalue weighted by Gasteiger charge is 2.72. The number of rotatable bonds is 4. The molecule has 1 aliphatic carbocycles. The summed E-state index contributed by atoms with van der Waals surface area (Å²) in [5.74, 6) is -0.313. The van der Waals surface area contributed by atoms with E-state index in [1.54, 1.807) is 0 Å². The van der Waals surface area contributed by atoms with E-state index >= 15 is 0 Å². The molecule has 2 aliphatic rings. The van der Waals surface area contributed by atoms with Crippen molar-refractivity contribution in [2.24, 2.45) is 23.0 Å². The predicted molar refractivity (Wildman–Crippen MR) is 75.6 cm³/mol. The van der Waals surface area contributed by atoms with Crippen LogP contribution in [0.3, 0.4) is 0 Å². The van der Waals surface area contributed by atoms with Crippen LogP contribution in [-0.4, -0.2) is 29.3 Å². The lowest BCUT2D eigenvalue weighted by molar-refractivity contribution is -0.145. The van der Waals surface area contributed by atoms with E-state index in [0.29, 0.717) is 13.0 Å². The normalized spacial score (nSPS) is 28.4. The third-order valence-corrected chi connectivity index (χ3v) is 4.79. The van der Waals surface area contributed by atoms with E-state index < -0.39 is 0 Å². The summed E-state index contributed by atoms with van der Waals surface area (Å²) >= 11 is 0. The Morgan fingerprint density at radius 1 is 1.15 bits per heavy atom. The first-order valence-corrected chi connectivity index (χ1v) is 7.09. The Hall–Kier alpha value is -1.68. The van der Waals surface area contributed by atoms with Crippen molar-refractivity contribution < 1.29 is 9.59 Å². The van der Waals surface area contributed by atoms with Crippen LogP contribution >= 0.6 is 0 Å². The van der Waals surface area contributed by atoms with Gasteiger partial charge in [0.05, 0.1) is 17.9 Å². The van der Waals surface area contributed by atoms with Gasteiger partial charge in [-0.3, -0.25) is 14.5 Å². The van der Waals surface area contributed by atoms with Crippen molar-refractivity contribution in [3.63, 3.8) is 0 Å². The lowest BCUT2D eigenvalue weighted by Crippen LogP contribution is -2.48. The minimum absolute atomic E-state index is 0.0311. The summed E-state index contributed by atoms with van der Waals surface area (Å²) in [4.78, 5) is 26.3. The number of imide groups is 1. The first kappa shape index (κ1) is 13.3. The second-order valence-corrected chi connectivity index (χ2v) is 6.40. The zero-order valence-electron chi connectivity index (χ0n) is 11.9. The summed E-state index contributed by atoms with van der Waals surface area (Å²) in [6.07, 6.45) is 0.634. The van der Waals surface area contributed by atoms with E-state index in [1.807, 2.05) is 44.2 Å². The average Bonchev–Trinajstić information content (AvgIpc) is 2.89. The molecule has 0 spiro atoms. The van der Waals surface area contributed by atoms with Crippen molar-refractivity contribution >= 4 is 11.8 Å². The molecular weight excluding hydrogens is 252 g/mol. The molecule has 1 heterocycles. The summed E-state index contributed by atoms with van der Waals surface area (Å²) < 4.78 is 0. The molecule has 1 saturated carbocycles. The predicted octanol–water partition coefficient (Wildman–Crippen LogP) is 1.20. The number of hydrogen-bond acceptors (Lipinski definition) is 3. The molecule has 2 amide bonds. The number of hydrogen-bond donors (Lipinski definition) is 1. The van der Waals surface area contributed by atoms with Gasteiger partial charge in [0.1, 0.15) is 0 Å². The minimum atomic E-state index is -0.221. The second kappa shape index (κ2) is 4.42. The highest BCUT2D eigenvalue weighted by Crippen LogP contribution is 2.63. The van der Waals surface area contributed by atoms with E-state index in [0.717, 1.165) is 5.56 Å². The molecule has 2 N–H and O–H groups in total. The number of amides is 2. The van der Waals surface area contributed by atoms with Gasteiger partial charge >= 0.3 is 0 Å². The SMILES string of the molecule is CC1(C)C2C(=O)N(C(CN)Cc3ccccc3)C(=O)C21. The lowest BCUT2D eigenvalue weighted by Gasteiger charge is -2.28. The summed E-state index contributed by atoms with van der Waals surface area (Å²) in [7, 11) is 0. The highest BCUT2D eigenvalue weighted by atomic mass is 16.2. The van der Waals surface area contributed by atoms with E-state index in [2.05, 4.69) is 0 Å². The van der Waals surface area contributed by atoms with Crippen LogP contribution in [0.5, 0.6) is 0 Å². The fourth-order valence-electron chi connectivity index (χ4n) is 3.49. The van der Waals surface area contributed by atoms with Gasteiger partial charge in [0, 0.05) is 6.54 Å². The molecule has 3 atom stereocenters. The van der Waals surface area contributed by atoms with Crippen LogP contribution in [0.2, 0.25) is 0 Å². The molecule has 20 heavy (non-hydrogen) atoms. The van der Waals surface area contributed by atoms with Crippen molar-refractivity contribution in [2.75, 3.05) is 6.54 Å². The zero-order chi connectivity index (χ0) is 14.5. The number of benzene rings is 1. The summed E-state index contributed by atoms with van der Waals surface area (Å²) in [5.41, 5.74) is 6.75. The Labute approximate surface area is 118 Å². The van der Waals surface area contributed by atoms with Gasteiger partial charge in [-0.15, -0.1) is 0 Å². The Kier molecular flexibility index (Phi) is 2.94. The number of carbonyl (C=O) groups is 2. The van der Waals surface area contributed by atoms with Gasteiger partial charge in [-0.2, -0.15) is 0 Å². The lowest BCUT2D eigenvalue weighted by atomic mass is 10.0. The number of piperidine rings is 1. The molecule has 2 fully saturated rings. The fraction of sp³-hybridized carbons (Fsp3) is 0.500. The molecule has 3 rings (SSSR count). The quantitative estimate of drug-likeness (QED) is 0.838. The molecule has 1 saturated heterocycles. The first-order valence-electron chi connectivity index (χ1n) is 7.09. The zero-order valence-corrected chi connectivity index (χ0v) is 11.9. The van der Waals surface area contributed by atoms with Crippen LogP contribution in [0.15, 0.2) is 30.3 Å². The van der Waals surface area contributed by atoms with Gasteiger partial charge < -0.3 is 5.73 Å². The number of carbonyl (C=O) groups excluding carboxylic acids is 2. The molecule has 1 aromatic rings. The van der Waals surface area contributed by atoms with E-state index in [1.165, 1.54) is 4.90 Å². The Morgan fingerprint density at radius 2 is 1.70 bits per heavy atom. The fourth-order valence-corrected chi connectivity index (χ4v) is 3.49. The number of fused-ring (bicyclic) bond motifs is 1. The van der Waals surface area contributed by atoms with Crippen molar-refractivity contribution in [1.82, 2.24) is 4.90 Å². The molecular formula is C16H20N2O2. The van der Waals surface area contributed by atoms with Crippen LogP contribution in [0.25, 0.3) is 0 Å². The van der Waals surface area contributed by atoms with Crippen LogP contribution in [0.1, 0.15) is 19.4 Å². The van der Waals surface area contributed by atoms with Gasteiger partial charge in [0.25, 0.3) is 0 Å². The highest BCUT2D eigenvalue weighted by molar-refractivity contribution is 6.10. The van der Waals surface area contributed by atoms with Crippen LogP contribution in [-0.2, 0) is 16.0 Å². The smallest absolute Gasteiger partial charge is 0.233 e. The molecule has 4 heteroatoms. The van der Waals surface area contributed by atoms with Crippen molar-refractivity contribution in [1.29, 1.82) is 0 Å². The van der Waals surface area contributed by atoms with Gasteiger partial charge in [-0.05, 0) is 17.4 Å². The maximum atomic E-state index is 12.4. The van der Waals surface area contributed by atoms with Gasteiger partial charge in [0.2, 0.25) is 11.8 Å². The van der Waals surface area contributed by atoms with Crippen LogP contribution in [0.4, 0.5) is 0 Å². The molecule has 4 nitrogen and oxygen atoms in total. The molecule has 1 aliphatic heterocycles. The maximum absolute atomic E-state index is 12.4. The number of nitrogens with two attached hydrogens (primary N) is 1. The topological polar surface area (TPSA) is 63.4 Å². The minimum Gasteiger partial charge on any atom is -0.328 e. The second-order valence-electron chi connectivity index (χ2n) is 6.40. The first-order chi connectivity index (χ1) is 9.48. The van der Waals surface area contributed by atoms with Crippen molar-refractivity contribution in [2.45, 2.75) is 26.3 Å².